The number of likely N-dealkylation sites (N-methyl/N-ethyl adjacent to an activating group) is 1. The van der Waals surface area contributed by atoms with Crippen molar-refractivity contribution in [3.05, 3.63) is 29.0 Å². The van der Waals surface area contributed by atoms with Crippen molar-refractivity contribution in [1.82, 2.24) is 14.5 Å². The summed E-state index contributed by atoms with van der Waals surface area (Å²) in [5.41, 5.74) is 7.60. The van der Waals surface area contributed by atoms with E-state index in [9.17, 15) is 0 Å². The molecule has 1 aromatic carbocycles. The van der Waals surface area contributed by atoms with Crippen molar-refractivity contribution >= 4 is 22.6 Å². The van der Waals surface area contributed by atoms with E-state index in [0.29, 0.717) is 24.7 Å². The summed E-state index contributed by atoms with van der Waals surface area (Å²) >= 11 is 6.00. The number of aliphatic hydroxyl groups excluding tert-OH is 1. The van der Waals surface area contributed by atoms with Crippen LogP contribution in [0.5, 0.6) is 0 Å². The van der Waals surface area contributed by atoms with Crippen molar-refractivity contribution in [3.8, 4) is 0 Å². The molecule has 0 saturated heterocycles. The van der Waals surface area contributed by atoms with E-state index < -0.39 is 0 Å². The maximum absolute atomic E-state index is 8.96. The van der Waals surface area contributed by atoms with Crippen LogP contribution < -0.4 is 5.73 Å². The fourth-order valence-corrected chi connectivity index (χ4v) is 2.31. The molecular formula is C13H19ClN4O. The predicted molar refractivity (Wildman–Crippen MR) is 77.2 cm³/mol. The van der Waals surface area contributed by atoms with E-state index in [1.165, 1.54) is 0 Å². The highest BCUT2D eigenvalue weighted by molar-refractivity contribution is 6.31. The average Bonchev–Trinajstić information content (AvgIpc) is 2.67. The summed E-state index contributed by atoms with van der Waals surface area (Å²) in [7, 11) is 1.95. The summed E-state index contributed by atoms with van der Waals surface area (Å²) in [4.78, 5) is 6.64. The largest absolute Gasteiger partial charge is 0.395 e. The first-order valence-electron chi connectivity index (χ1n) is 6.30. The van der Waals surface area contributed by atoms with Gasteiger partial charge in [-0.2, -0.15) is 0 Å². The molecule has 0 saturated carbocycles. The molecule has 0 aliphatic rings. The number of aromatic nitrogens is 2. The maximum atomic E-state index is 8.96. The lowest BCUT2D eigenvalue weighted by Gasteiger charge is -2.15. The molecule has 5 nitrogen and oxygen atoms in total. The topological polar surface area (TPSA) is 67.3 Å². The van der Waals surface area contributed by atoms with Crippen LogP contribution in [-0.2, 0) is 13.1 Å². The van der Waals surface area contributed by atoms with Crippen molar-refractivity contribution in [2.24, 2.45) is 5.73 Å². The molecular weight excluding hydrogens is 264 g/mol. The molecule has 1 aromatic heterocycles. The number of rotatable bonds is 6. The van der Waals surface area contributed by atoms with E-state index in [1.807, 2.05) is 30.1 Å². The number of fused-ring (bicyclic) bond motifs is 1. The van der Waals surface area contributed by atoms with Gasteiger partial charge in [0.1, 0.15) is 5.82 Å². The van der Waals surface area contributed by atoms with Crippen LogP contribution >= 0.6 is 11.6 Å². The molecule has 19 heavy (non-hydrogen) atoms. The molecule has 2 rings (SSSR count). The van der Waals surface area contributed by atoms with Crippen molar-refractivity contribution in [2.75, 3.05) is 26.7 Å². The van der Waals surface area contributed by atoms with Gasteiger partial charge in [-0.25, -0.2) is 4.98 Å². The van der Waals surface area contributed by atoms with Gasteiger partial charge in [-0.05, 0) is 25.2 Å². The first-order chi connectivity index (χ1) is 9.15. The van der Waals surface area contributed by atoms with E-state index >= 15 is 0 Å². The first-order valence-corrected chi connectivity index (χ1v) is 6.67. The monoisotopic (exact) mass is 282 g/mol. The Morgan fingerprint density at radius 1 is 1.47 bits per heavy atom. The zero-order valence-electron chi connectivity index (χ0n) is 11.0. The van der Waals surface area contributed by atoms with Crippen LogP contribution in [0.4, 0.5) is 0 Å². The summed E-state index contributed by atoms with van der Waals surface area (Å²) in [6.45, 7) is 2.71. The lowest BCUT2D eigenvalue weighted by Crippen LogP contribution is -2.24. The Kier molecular flexibility index (Phi) is 4.76. The molecule has 0 unspecified atom stereocenters. The number of benzene rings is 1. The number of nitrogens with zero attached hydrogens (tertiary/aromatic N) is 3. The van der Waals surface area contributed by atoms with Crippen molar-refractivity contribution in [2.45, 2.75) is 13.1 Å². The highest BCUT2D eigenvalue weighted by atomic mass is 35.5. The third kappa shape index (κ3) is 3.25. The van der Waals surface area contributed by atoms with Gasteiger partial charge in [-0.3, -0.25) is 4.90 Å². The molecule has 0 fully saturated rings. The zero-order valence-corrected chi connectivity index (χ0v) is 11.8. The molecule has 6 heteroatoms. The molecule has 0 aliphatic heterocycles. The Labute approximate surface area is 117 Å². The number of hydrogen-bond donors (Lipinski definition) is 2. The van der Waals surface area contributed by atoms with Gasteiger partial charge in [0.15, 0.2) is 0 Å². The third-order valence-corrected chi connectivity index (χ3v) is 3.27. The van der Waals surface area contributed by atoms with E-state index in [0.717, 1.165) is 23.4 Å². The normalized spacial score (nSPS) is 11.6. The molecule has 0 spiro atoms. The molecule has 104 valence electrons. The maximum Gasteiger partial charge on any atom is 0.124 e. The Morgan fingerprint density at radius 3 is 2.95 bits per heavy atom. The van der Waals surface area contributed by atoms with Gasteiger partial charge < -0.3 is 15.4 Å². The highest BCUT2D eigenvalue weighted by Gasteiger charge is 2.12. The number of imidazole rings is 1. The Hall–Kier alpha value is -1.14. The van der Waals surface area contributed by atoms with Crippen molar-refractivity contribution < 1.29 is 5.11 Å². The number of hydrogen-bond acceptors (Lipinski definition) is 4. The minimum absolute atomic E-state index is 0.138. The van der Waals surface area contributed by atoms with Crippen LogP contribution in [0.3, 0.4) is 0 Å². The smallest absolute Gasteiger partial charge is 0.124 e. The minimum atomic E-state index is 0.138. The van der Waals surface area contributed by atoms with Crippen LogP contribution in [0.25, 0.3) is 11.0 Å². The Bertz CT molecular complexity index is 555. The molecule has 0 radical (unpaired) electrons. The lowest BCUT2D eigenvalue weighted by molar-refractivity contribution is 0.213. The SMILES string of the molecule is CN(CCO)Cc1nc2cc(Cl)ccc2n1CCN. The van der Waals surface area contributed by atoms with Gasteiger partial charge in [-0.1, -0.05) is 11.6 Å². The average molecular weight is 283 g/mol. The predicted octanol–water partition coefficient (Wildman–Crippen LogP) is 1.07. The van der Waals surface area contributed by atoms with Crippen LogP contribution in [0.1, 0.15) is 5.82 Å². The van der Waals surface area contributed by atoms with Crippen LogP contribution in [0.2, 0.25) is 5.02 Å². The van der Waals surface area contributed by atoms with Gasteiger partial charge in [0, 0.05) is 24.7 Å². The van der Waals surface area contributed by atoms with Crippen molar-refractivity contribution in [1.29, 1.82) is 0 Å². The van der Waals surface area contributed by atoms with E-state index in [4.69, 9.17) is 22.4 Å². The lowest BCUT2D eigenvalue weighted by atomic mass is 10.3. The molecule has 0 atom stereocenters. The second-order valence-electron chi connectivity index (χ2n) is 4.56. The van der Waals surface area contributed by atoms with Gasteiger partial charge in [0.05, 0.1) is 24.2 Å². The molecule has 0 aliphatic carbocycles. The summed E-state index contributed by atoms with van der Waals surface area (Å²) in [5.74, 6) is 0.943. The molecule has 1 heterocycles. The van der Waals surface area contributed by atoms with Gasteiger partial charge in [0.25, 0.3) is 0 Å². The number of nitrogens with two attached hydrogens (primary N) is 1. The van der Waals surface area contributed by atoms with Crippen LogP contribution in [0.15, 0.2) is 18.2 Å². The van der Waals surface area contributed by atoms with Crippen LogP contribution in [-0.4, -0.2) is 46.3 Å². The number of halogens is 1. The molecule has 3 N–H and O–H groups in total. The second kappa shape index (κ2) is 6.34. The first kappa shape index (κ1) is 14.3. The fourth-order valence-electron chi connectivity index (χ4n) is 2.14. The van der Waals surface area contributed by atoms with E-state index in [1.54, 1.807) is 0 Å². The van der Waals surface area contributed by atoms with Crippen molar-refractivity contribution in [3.63, 3.8) is 0 Å². The molecule has 0 amide bonds. The molecule has 0 bridgehead atoms. The summed E-state index contributed by atoms with van der Waals surface area (Å²) in [6.07, 6.45) is 0. The number of aliphatic hydroxyl groups is 1. The van der Waals surface area contributed by atoms with Crippen LogP contribution in [0, 0.1) is 0 Å². The van der Waals surface area contributed by atoms with Gasteiger partial charge >= 0.3 is 0 Å². The highest BCUT2D eigenvalue weighted by Crippen LogP contribution is 2.21. The summed E-state index contributed by atoms with van der Waals surface area (Å²) < 4.78 is 2.11. The zero-order chi connectivity index (χ0) is 13.8. The van der Waals surface area contributed by atoms with E-state index in [-0.39, 0.29) is 6.61 Å². The minimum Gasteiger partial charge on any atom is -0.395 e. The summed E-state index contributed by atoms with van der Waals surface area (Å²) in [6, 6.07) is 5.69. The summed E-state index contributed by atoms with van der Waals surface area (Å²) in [5, 5.41) is 9.64. The quantitative estimate of drug-likeness (QED) is 0.832. The molecule has 2 aromatic rings. The Morgan fingerprint density at radius 2 is 2.26 bits per heavy atom. The Balaban J connectivity index is 2.38. The van der Waals surface area contributed by atoms with Gasteiger partial charge in [-0.15, -0.1) is 0 Å². The van der Waals surface area contributed by atoms with Gasteiger partial charge in [0.2, 0.25) is 0 Å². The standard InChI is InChI=1S/C13H19ClN4O/c1-17(6-7-19)9-13-16-11-8-10(14)2-3-12(11)18(13)5-4-15/h2-3,8,19H,4-7,9,15H2,1H3. The fraction of sp³-hybridized carbons (Fsp3) is 0.462. The second-order valence-corrected chi connectivity index (χ2v) is 5.00. The third-order valence-electron chi connectivity index (χ3n) is 3.04. The van der Waals surface area contributed by atoms with E-state index in [2.05, 4.69) is 9.55 Å².